The lowest BCUT2D eigenvalue weighted by atomic mass is 10.1. The van der Waals surface area contributed by atoms with Crippen LogP contribution in [0.3, 0.4) is 0 Å². The van der Waals surface area contributed by atoms with Gasteiger partial charge in [-0.05, 0) is 12.0 Å². The first-order valence-electron chi connectivity index (χ1n) is 8.36. The van der Waals surface area contributed by atoms with E-state index in [1.165, 1.54) is 16.9 Å². The third kappa shape index (κ3) is 4.24. The summed E-state index contributed by atoms with van der Waals surface area (Å²) in [6.45, 7) is 2.48. The Morgan fingerprint density at radius 1 is 1.28 bits per heavy atom. The van der Waals surface area contributed by atoms with Crippen LogP contribution in [0.25, 0.3) is 0 Å². The Bertz CT molecular complexity index is 705. The van der Waals surface area contributed by atoms with Gasteiger partial charge in [0.2, 0.25) is 5.91 Å². The van der Waals surface area contributed by atoms with Crippen molar-refractivity contribution in [1.29, 1.82) is 0 Å². The van der Waals surface area contributed by atoms with E-state index in [4.69, 9.17) is 0 Å². The van der Waals surface area contributed by atoms with Crippen molar-refractivity contribution in [3.63, 3.8) is 0 Å². The lowest BCUT2D eigenvalue weighted by Gasteiger charge is -2.40. The minimum Gasteiger partial charge on any atom is -0.358 e. The monoisotopic (exact) mass is 358 g/mol. The van der Waals surface area contributed by atoms with Gasteiger partial charge in [0.1, 0.15) is 11.7 Å². The molecule has 0 aliphatic carbocycles. The molecule has 2 amide bonds. The van der Waals surface area contributed by atoms with Crippen molar-refractivity contribution >= 4 is 23.2 Å². The van der Waals surface area contributed by atoms with E-state index in [1.54, 1.807) is 22.8 Å². The lowest BCUT2D eigenvalue weighted by Crippen LogP contribution is -2.60. The minimum atomic E-state index is -0.329. The molecule has 132 valence electrons. The zero-order valence-electron chi connectivity index (χ0n) is 14.2. The van der Waals surface area contributed by atoms with Gasteiger partial charge in [0, 0.05) is 38.6 Å². The highest BCUT2D eigenvalue weighted by Gasteiger charge is 2.34. The van der Waals surface area contributed by atoms with Crippen LogP contribution in [0, 0.1) is 0 Å². The number of aromatic nitrogens is 1. The van der Waals surface area contributed by atoms with Gasteiger partial charge in [0.15, 0.2) is 0 Å². The number of carbonyl (C=O) groups is 2. The molecule has 0 spiro atoms. The summed E-state index contributed by atoms with van der Waals surface area (Å²) in [5, 5.41) is 4.47. The fraction of sp³-hybridized carbons (Fsp3) is 0.389. The fourth-order valence-electron chi connectivity index (χ4n) is 3.09. The maximum absolute atomic E-state index is 12.5. The molecule has 1 aliphatic heterocycles. The molecule has 3 rings (SSSR count). The van der Waals surface area contributed by atoms with Crippen LogP contribution in [-0.4, -0.2) is 65.9 Å². The van der Waals surface area contributed by atoms with Gasteiger partial charge < -0.3 is 10.2 Å². The number of nitrogens with one attached hydrogen (secondary N) is 1. The average molecular weight is 358 g/mol. The van der Waals surface area contributed by atoms with Crippen LogP contribution in [0.5, 0.6) is 0 Å². The molecule has 6 nitrogen and oxygen atoms in total. The van der Waals surface area contributed by atoms with Crippen molar-refractivity contribution in [2.75, 3.05) is 33.2 Å². The van der Waals surface area contributed by atoms with Crippen molar-refractivity contribution in [3.05, 3.63) is 52.5 Å². The summed E-state index contributed by atoms with van der Waals surface area (Å²) in [6, 6.07) is 9.91. The molecule has 1 aromatic heterocycles. The highest BCUT2D eigenvalue weighted by atomic mass is 32.1. The van der Waals surface area contributed by atoms with Crippen LogP contribution in [0.15, 0.2) is 41.2 Å². The summed E-state index contributed by atoms with van der Waals surface area (Å²) >= 11 is 1.40. The maximum Gasteiger partial charge on any atom is 0.273 e. The summed E-state index contributed by atoms with van der Waals surface area (Å²) < 4.78 is 0. The van der Waals surface area contributed by atoms with Crippen molar-refractivity contribution in [1.82, 2.24) is 20.1 Å². The second-order valence-electron chi connectivity index (χ2n) is 6.03. The predicted octanol–water partition coefficient (Wildman–Crippen LogP) is 1.26. The van der Waals surface area contributed by atoms with E-state index in [9.17, 15) is 9.59 Å². The summed E-state index contributed by atoms with van der Waals surface area (Å²) in [5.41, 5.74) is 3.36. The Hall–Kier alpha value is -2.25. The van der Waals surface area contributed by atoms with Gasteiger partial charge in [0.05, 0.1) is 5.51 Å². The molecule has 1 aromatic carbocycles. The first-order valence-corrected chi connectivity index (χ1v) is 9.30. The number of hydrogen-bond donors (Lipinski definition) is 1. The molecule has 1 fully saturated rings. The summed E-state index contributed by atoms with van der Waals surface area (Å²) in [4.78, 5) is 32.8. The van der Waals surface area contributed by atoms with Crippen molar-refractivity contribution in [2.45, 2.75) is 12.5 Å². The number of carbonyl (C=O) groups excluding carboxylic acids is 2. The van der Waals surface area contributed by atoms with Crippen LogP contribution in [0.1, 0.15) is 16.1 Å². The average Bonchev–Trinajstić information content (AvgIpc) is 3.20. The van der Waals surface area contributed by atoms with Gasteiger partial charge in [-0.15, -0.1) is 11.3 Å². The second kappa shape index (κ2) is 8.22. The van der Waals surface area contributed by atoms with Gasteiger partial charge in [-0.25, -0.2) is 4.98 Å². The Morgan fingerprint density at radius 3 is 2.76 bits per heavy atom. The molecule has 0 bridgehead atoms. The molecule has 1 aliphatic rings. The Balaban J connectivity index is 1.66. The van der Waals surface area contributed by atoms with Crippen LogP contribution in [0.4, 0.5) is 0 Å². The number of thiazole rings is 1. The van der Waals surface area contributed by atoms with Gasteiger partial charge in [-0.3, -0.25) is 14.5 Å². The third-order valence-electron chi connectivity index (χ3n) is 4.51. The summed E-state index contributed by atoms with van der Waals surface area (Å²) in [5.74, 6) is -0.151. The molecule has 1 unspecified atom stereocenters. The van der Waals surface area contributed by atoms with E-state index < -0.39 is 0 Å². The van der Waals surface area contributed by atoms with E-state index in [1.807, 2.05) is 18.2 Å². The largest absolute Gasteiger partial charge is 0.358 e. The van der Waals surface area contributed by atoms with E-state index in [-0.39, 0.29) is 17.9 Å². The van der Waals surface area contributed by atoms with Gasteiger partial charge >= 0.3 is 0 Å². The molecule has 1 N–H and O–H groups in total. The molecule has 2 heterocycles. The Morgan fingerprint density at radius 2 is 2.08 bits per heavy atom. The van der Waals surface area contributed by atoms with Crippen LogP contribution in [0.2, 0.25) is 0 Å². The minimum absolute atomic E-state index is 0.0520. The maximum atomic E-state index is 12.5. The molecule has 1 saturated heterocycles. The van der Waals surface area contributed by atoms with Crippen LogP contribution < -0.4 is 5.32 Å². The lowest BCUT2D eigenvalue weighted by molar-refractivity contribution is -0.127. The van der Waals surface area contributed by atoms with Gasteiger partial charge in [-0.2, -0.15) is 0 Å². The predicted molar refractivity (Wildman–Crippen MR) is 97.6 cm³/mol. The Labute approximate surface area is 151 Å². The van der Waals surface area contributed by atoms with Gasteiger partial charge in [0.25, 0.3) is 5.91 Å². The molecular formula is C18H22N4O2S. The molecule has 1 atom stereocenters. The number of piperazine rings is 1. The zero-order valence-corrected chi connectivity index (χ0v) is 15.0. The quantitative estimate of drug-likeness (QED) is 0.874. The van der Waals surface area contributed by atoms with Crippen LogP contribution in [-0.2, 0) is 11.2 Å². The highest BCUT2D eigenvalue weighted by Crippen LogP contribution is 2.15. The summed E-state index contributed by atoms with van der Waals surface area (Å²) in [7, 11) is 1.64. The van der Waals surface area contributed by atoms with Crippen molar-refractivity contribution < 1.29 is 9.59 Å². The first kappa shape index (κ1) is 17.6. The molecule has 0 saturated carbocycles. The van der Waals surface area contributed by atoms with E-state index in [2.05, 4.69) is 27.3 Å². The van der Waals surface area contributed by atoms with E-state index in [0.29, 0.717) is 25.3 Å². The number of nitrogens with zero attached hydrogens (tertiary/aromatic N) is 3. The third-order valence-corrected chi connectivity index (χ3v) is 5.10. The topological polar surface area (TPSA) is 65.5 Å². The number of hydrogen-bond acceptors (Lipinski definition) is 5. The number of likely N-dealkylation sites (N-methyl/N-ethyl adjacent to an activating group) is 1. The Kier molecular flexibility index (Phi) is 5.78. The number of benzene rings is 1. The second-order valence-corrected chi connectivity index (χ2v) is 6.75. The smallest absolute Gasteiger partial charge is 0.273 e. The fourth-order valence-corrected chi connectivity index (χ4v) is 3.61. The first-order chi connectivity index (χ1) is 12.2. The molecule has 7 heteroatoms. The van der Waals surface area contributed by atoms with Crippen molar-refractivity contribution in [3.8, 4) is 0 Å². The normalized spacial score (nSPS) is 18.1. The van der Waals surface area contributed by atoms with E-state index >= 15 is 0 Å². The summed E-state index contributed by atoms with van der Waals surface area (Å²) in [6.07, 6.45) is 0.883. The molecule has 0 radical (unpaired) electrons. The SMILES string of the molecule is CNC(=O)C1CN(C(=O)c2cscn2)CCN1CCc1ccccc1. The van der Waals surface area contributed by atoms with Crippen LogP contribution >= 0.6 is 11.3 Å². The molecule has 2 aromatic rings. The number of rotatable bonds is 5. The van der Waals surface area contributed by atoms with Gasteiger partial charge in [-0.1, -0.05) is 30.3 Å². The van der Waals surface area contributed by atoms with Crippen molar-refractivity contribution in [2.24, 2.45) is 0 Å². The van der Waals surface area contributed by atoms with E-state index in [0.717, 1.165) is 13.0 Å². The standard InChI is InChI=1S/C18H22N4O2S/c1-19-17(23)16-11-22(18(24)15-12-25-13-20-15)10-9-21(16)8-7-14-5-3-2-4-6-14/h2-6,12-13,16H,7-11H2,1H3,(H,19,23). The number of amides is 2. The zero-order chi connectivity index (χ0) is 17.6. The highest BCUT2D eigenvalue weighted by molar-refractivity contribution is 7.07. The molecular weight excluding hydrogens is 336 g/mol. The molecule has 25 heavy (non-hydrogen) atoms.